The van der Waals surface area contributed by atoms with Gasteiger partial charge in [-0.3, -0.25) is 4.99 Å². The summed E-state index contributed by atoms with van der Waals surface area (Å²) in [4.78, 5) is 4.31. The molecule has 0 saturated carbocycles. The van der Waals surface area contributed by atoms with Gasteiger partial charge in [-0.15, -0.1) is 0 Å². The van der Waals surface area contributed by atoms with E-state index < -0.39 is 0 Å². The van der Waals surface area contributed by atoms with Gasteiger partial charge in [0.1, 0.15) is 12.4 Å². The van der Waals surface area contributed by atoms with Gasteiger partial charge in [-0.05, 0) is 12.1 Å². The molecule has 0 aromatic heterocycles. The molecule has 0 fully saturated rings. The fourth-order valence-electron chi connectivity index (χ4n) is 1.73. The lowest BCUT2D eigenvalue weighted by atomic mass is 10.2. The van der Waals surface area contributed by atoms with E-state index >= 15 is 0 Å². The molecule has 0 saturated heterocycles. The molecule has 0 bridgehead atoms. The van der Waals surface area contributed by atoms with Crippen molar-refractivity contribution in [3.63, 3.8) is 0 Å². The quantitative estimate of drug-likeness (QED) is 0.738. The van der Waals surface area contributed by atoms with Crippen molar-refractivity contribution in [3.8, 4) is 11.5 Å². The molecule has 15 heavy (non-hydrogen) atoms. The molecule has 1 unspecified atom stereocenters. The summed E-state index contributed by atoms with van der Waals surface area (Å²) in [5, 5.41) is 3.18. The molecule has 3 rings (SSSR count). The number of fused-ring (bicyclic) bond motifs is 1. The van der Waals surface area contributed by atoms with E-state index in [1.54, 1.807) is 18.2 Å². The summed E-state index contributed by atoms with van der Waals surface area (Å²) in [6.07, 6.45) is -0.147. The maximum Gasteiger partial charge on any atom is 0.189 e. The number of para-hydroxylation sites is 2. The number of rotatable bonds is 1. The lowest BCUT2D eigenvalue weighted by Gasteiger charge is -2.26. The van der Waals surface area contributed by atoms with Crippen LogP contribution in [0.1, 0.15) is 1.37 Å². The second-order valence-corrected chi connectivity index (χ2v) is 3.48. The second kappa shape index (κ2) is 3.46. The van der Waals surface area contributed by atoms with Crippen molar-refractivity contribution in [3.05, 3.63) is 24.2 Å². The van der Waals surface area contributed by atoms with Crippen LogP contribution < -0.4 is 14.8 Å². The van der Waals surface area contributed by atoms with Crippen LogP contribution in [0.2, 0.25) is 0 Å². The van der Waals surface area contributed by atoms with Crippen LogP contribution in [0.3, 0.4) is 0 Å². The van der Waals surface area contributed by atoms with E-state index in [0.717, 1.165) is 18.9 Å². The molecule has 1 aromatic carbocycles. The summed E-state index contributed by atoms with van der Waals surface area (Å²) >= 11 is 0. The molecule has 0 amide bonds. The van der Waals surface area contributed by atoms with Crippen LogP contribution in [0.5, 0.6) is 11.5 Å². The summed E-state index contributed by atoms with van der Waals surface area (Å²) in [7, 11) is 0. The highest BCUT2D eigenvalue weighted by Gasteiger charge is 2.26. The minimum Gasteiger partial charge on any atom is -0.485 e. The maximum absolute atomic E-state index is 7.48. The Morgan fingerprint density at radius 2 is 2.47 bits per heavy atom. The topological polar surface area (TPSA) is 42.8 Å². The van der Waals surface area contributed by atoms with Gasteiger partial charge in [0.15, 0.2) is 17.6 Å². The number of nitrogens with one attached hydrogen (secondary N) is 1. The average molecular weight is 205 g/mol. The molecule has 2 aliphatic heterocycles. The third-order valence-electron chi connectivity index (χ3n) is 2.45. The molecule has 2 heterocycles. The molecule has 0 radical (unpaired) electrons. The highest BCUT2D eigenvalue weighted by atomic mass is 16.6. The predicted molar refractivity (Wildman–Crippen MR) is 56.7 cm³/mol. The molecule has 0 aliphatic carbocycles. The van der Waals surface area contributed by atoms with Gasteiger partial charge >= 0.3 is 0 Å². The molecule has 1 N–H and O–H groups in total. The van der Waals surface area contributed by atoms with Crippen molar-refractivity contribution in [1.29, 1.82) is 0 Å². The highest BCUT2D eigenvalue weighted by Crippen LogP contribution is 2.31. The Bertz CT molecular complexity index is 448. The zero-order chi connectivity index (χ0) is 11.0. The zero-order valence-electron chi connectivity index (χ0n) is 9.19. The fraction of sp³-hybridized carbons (Fsp3) is 0.364. The fourth-order valence-corrected chi connectivity index (χ4v) is 1.73. The number of hydrogen-bond acceptors (Lipinski definition) is 4. The lowest BCUT2D eigenvalue weighted by Crippen LogP contribution is -2.42. The minimum atomic E-state index is -0.147. The number of ether oxygens (including phenoxy) is 2. The first-order chi connectivity index (χ1) is 7.83. The van der Waals surface area contributed by atoms with Crippen molar-refractivity contribution in [2.45, 2.75) is 6.10 Å². The van der Waals surface area contributed by atoms with Crippen LogP contribution in [0.4, 0.5) is 0 Å². The summed E-state index contributed by atoms with van der Waals surface area (Å²) in [6.45, 7) is 2.11. The number of nitrogens with zero attached hydrogens (tertiary/aromatic N) is 1. The normalized spacial score (nSPS) is 24.1. The summed E-state index contributed by atoms with van der Waals surface area (Å²) < 4.78 is 18.8. The van der Waals surface area contributed by atoms with Gasteiger partial charge in [0.25, 0.3) is 0 Å². The van der Waals surface area contributed by atoms with Crippen molar-refractivity contribution in [2.75, 3.05) is 19.7 Å². The van der Waals surface area contributed by atoms with E-state index in [9.17, 15) is 0 Å². The van der Waals surface area contributed by atoms with Crippen LogP contribution in [0.25, 0.3) is 0 Å². The van der Waals surface area contributed by atoms with Gasteiger partial charge in [0.2, 0.25) is 0 Å². The summed E-state index contributed by atoms with van der Waals surface area (Å²) in [5.74, 6) is 2.19. The first-order valence-electron chi connectivity index (χ1n) is 5.51. The molecular formula is C11H12N2O2. The second-order valence-electron chi connectivity index (χ2n) is 3.48. The van der Waals surface area contributed by atoms with E-state index in [4.69, 9.17) is 10.8 Å². The molecular weight excluding hydrogens is 192 g/mol. The van der Waals surface area contributed by atoms with Gasteiger partial charge in [-0.2, -0.15) is 0 Å². The molecule has 0 spiro atoms. The predicted octanol–water partition coefficient (Wildman–Crippen LogP) is 0.828. The molecule has 4 heteroatoms. The Balaban J connectivity index is 1.83. The third-order valence-corrected chi connectivity index (χ3v) is 2.45. The zero-order valence-corrected chi connectivity index (χ0v) is 8.19. The van der Waals surface area contributed by atoms with E-state index in [1.165, 1.54) is 0 Å². The molecule has 1 aromatic rings. The Labute approximate surface area is 89.3 Å². The van der Waals surface area contributed by atoms with Gasteiger partial charge < -0.3 is 14.8 Å². The maximum atomic E-state index is 7.48. The standard InChI is InChI=1S/C11H12N2O2/c1-2-4-9-8(3-1)14-7-10(15-9)11-12-5-6-13-11/h1-4,10H,5-7H2,(H,12,13)/i1D. The minimum absolute atomic E-state index is 0.147. The Hall–Kier alpha value is -1.71. The smallest absolute Gasteiger partial charge is 0.189 e. The first-order valence-corrected chi connectivity index (χ1v) is 5.01. The Morgan fingerprint density at radius 1 is 1.47 bits per heavy atom. The molecule has 78 valence electrons. The SMILES string of the molecule is [2H]c1ccc2c(c1)OCC(C1=NCCN1)O2. The van der Waals surface area contributed by atoms with Gasteiger partial charge in [-0.25, -0.2) is 0 Å². The van der Waals surface area contributed by atoms with Crippen LogP contribution >= 0.6 is 0 Å². The van der Waals surface area contributed by atoms with Crippen LogP contribution in [-0.2, 0) is 0 Å². The molecule has 2 aliphatic rings. The van der Waals surface area contributed by atoms with Crippen molar-refractivity contribution < 1.29 is 10.8 Å². The number of amidine groups is 1. The Morgan fingerprint density at radius 3 is 3.33 bits per heavy atom. The third kappa shape index (κ3) is 1.52. The Kier molecular flexibility index (Phi) is 1.74. The van der Waals surface area contributed by atoms with Crippen molar-refractivity contribution in [1.82, 2.24) is 5.32 Å². The highest BCUT2D eigenvalue weighted by molar-refractivity contribution is 5.88. The number of aliphatic imine (C=N–C) groups is 1. The largest absolute Gasteiger partial charge is 0.485 e. The summed E-state index contributed by atoms with van der Waals surface area (Å²) in [6, 6.07) is 5.54. The first kappa shape index (κ1) is 7.56. The lowest BCUT2D eigenvalue weighted by molar-refractivity contribution is 0.133. The van der Waals surface area contributed by atoms with E-state index in [0.29, 0.717) is 24.1 Å². The molecule has 1 atom stereocenters. The van der Waals surface area contributed by atoms with Gasteiger partial charge in [0.05, 0.1) is 7.92 Å². The van der Waals surface area contributed by atoms with Gasteiger partial charge in [-0.1, -0.05) is 12.1 Å². The number of benzene rings is 1. The van der Waals surface area contributed by atoms with Crippen molar-refractivity contribution >= 4 is 5.84 Å². The summed E-state index contributed by atoms with van der Waals surface area (Å²) in [5.41, 5.74) is 0. The van der Waals surface area contributed by atoms with Crippen LogP contribution in [-0.4, -0.2) is 31.6 Å². The average Bonchev–Trinajstić information content (AvgIpc) is 2.82. The monoisotopic (exact) mass is 205 g/mol. The molecule has 4 nitrogen and oxygen atoms in total. The van der Waals surface area contributed by atoms with E-state index in [2.05, 4.69) is 10.3 Å². The van der Waals surface area contributed by atoms with Crippen LogP contribution in [0.15, 0.2) is 29.2 Å². The van der Waals surface area contributed by atoms with E-state index in [1.807, 2.05) is 0 Å². The van der Waals surface area contributed by atoms with E-state index in [-0.39, 0.29) is 6.10 Å². The van der Waals surface area contributed by atoms with Gasteiger partial charge in [0, 0.05) is 6.54 Å². The number of hydrogen-bond donors (Lipinski definition) is 1. The van der Waals surface area contributed by atoms with Crippen LogP contribution in [0, 0.1) is 0 Å². The van der Waals surface area contributed by atoms with Crippen molar-refractivity contribution in [2.24, 2.45) is 4.99 Å².